The third-order valence-corrected chi connectivity index (χ3v) is 7.49. The van der Waals surface area contributed by atoms with Gasteiger partial charge in [-0.05, 0) is 44.3 Å². The standard InChI is InChI=1S/C33H42O2/c1-2-3-4-5-6-7-8-9-10-11-12-13-14-18-31(34)35-25-29-22-21-28-20-19-26-16-15-17-27-23-24-30(29)33(28)32(26)27/h15-17,19-24H,2-14,18,25H2,1H3. The number of esters is 1. The van der Waals surface area contributed by atoms with Crippen molar-refractivity contribution >= 4 is 38.3 Å². The minimum atomic E-state index is -0.0706. The highest BCUT2D eigenvalue weighted by Crippen LogP contribution is 2.36. The fraction of sp³-hybridized carbons (Fsp3) is 0.485. The van der Waals surface area contributed by atoms with Crippen LogP contribution in [0.3, 0.4) is 0 Å². The largest absolute Gasteiger partial charge is 0.461 e. The third kappa shape index (κ3) is 6.97. The van der Waals surface area contributed by atoms with Crippen molar-refractivity contribution in [3.63, 3.8) is 0 Å². The van der Waals surface area contributed by atoms with Crippen LogP contribution in [0, 0.1) is 0 Å². The predicted molar refractivity (Wildman–Crippen MR) is 150 cm³/mol. The number of hydrogen-bond acceptors (Lipinski definition) is 2. The topological polar surface area (TPSA) is 26.3 Å². The van der Waals surface area contributed by atoms with Crippen LogP contribution in [0.4, 0.5) is 0 Å². The Morgan fingerprint density at radius 2 is 1.11 bits per heavy atom. The second-order valence-electron chi connectivity index (χ2n) is 10.2. The maximum Gasteiger partial charge on any atom is 0.306 e. The Balaban J connectivity index is 1.14. The normalized spacial score (nSPS) is 11.7. The lowest BCUT2D eigenvalue weighted by Gasteiger charge is -2.14. The van der Waals surface area contributed by atoms with E-state index in [2.05, 4.69) is 61.5 Å². The Morgan fingerprint density at radius 1 is 0.600 bits per heavy atom. The zero-order valence-corrected chi connectivity index (χ0v) is 21.6. The summed E-state index contributed by atoms with van der Waals surface area (Å²) in [5, 5.41) is 7.55. The van der Waals surface area contributed by atoms with Gasteiger partial charge in [0.1, 0.15) is 6.61 Å². The Kier molecular flexibility index (Phi) is 9.81. The van der Waals surface area contributed by atoms with E-state index in [4.69, 9.17) is 4.74 Å². The molecule has 0 fully saturated rings. The first-order chi connectivity index (χ1) is 17.3. The van der Waals surface area contributed by atoms with Crippen molar-refractivity contribution in [2.75, 3.05) is 0 Å². The fourth-order valence-electron chi connectivity index (χ4n) is 5.44. The molecule has 0 atom stereocenters. The number of hydrogen-bond donors (Lipinski definition) is 0. The van der Waals surface area contributed by atoms with Gasteiger partial charge in [-0.15, -0.1) is 0 Å². The Morgan fingerprint density at radius 3 is 1.74 bits per heavy atom. The molecule has 0 saturated heterocycles. The average molecular weight is 471 g/mol. The molecule has 0 aromatic heterocycles. The van der Waals surface area contributed by atoms with Crippen LogP contribution in [0.15, 0.2) is 54.6 Å². The monoisotopic (exact) mass is 470 g/mol. The van der Waals surface area contributed by atoms with Crippen molar-refractivity contribution in [1.29, 1.82) is 0 Å². The van der Waals surface area contributed by atoms with Gasteiger partial charge in [-0.25, -0.2) is 0 Å². The first-order valence-corrected chi connectivity index (χ1v) is 14.1. The van der Waals surface area contributed by atoms with Gasteiger partial charge in [0, 0.05) is 6.42 Å². The van der Waals surface area contributed by atoms with E-state index in [-0.39, 0.29) is 5.97 Å². The molecule has 0 unspecified atom stereocenters. The highest BCUT2D eigenvalue weighted by molar-refractivity contribution is 6.23. The third-order valence-electron chi connectivity index (χ3n) is 7.49. The van der Waals surface area contributed by atoms with E-state index in [1.54, 1.807) is 0 Å². The van der Waals surface area contributed by atoms with Gasteiger partial charge >= 0.3 is 5.97 Å². The fourth-order valence-corrected chi connectivity index (χ4v) is 5.44. The van der Waals surface area contributed by atoms with Crippen molar-refractivity contribution in [2.24, 2.45) is 0 Å². The van der Waals surface area contributed by atoms with Gasteiger partial charge < -0.3 is 4.74 Å². The highest BCUT2D eigenvalue weighted by atomic mass is 16.5. The lowest BCUT2D eigenvalue weighted by atomic mass is 9.92. The smallest absolute Gasteiger partial charge is 0.306 e. The zero-order valence-electron chi connectivity index (χ0n) is 21.6. The molecule has 0 N–H and O–H groups in total. The molecular formula is C33H42O2. The average Bonchev–Trinajstić information content (AvgIpc) is 2.89. The lowest BCUT2D eigenvalue weighted by molar-refractivity contribution is -0.145. The maximum absolute atomic E-state index is 12.4. The van der Waals surface area contributed by atoms with E-state index < -0.39 is 0 Å². The van der Waals surface area contributed by atoms with Crippen molar-refractivity contribution in [3.05, 3.63) is 60.2 Å². The summed E-state index contributed by atoms with van der Waals surface area (Å²) in [7, 11) is 0. The van der Waals surface area contributed by atoms with Crippen molar-refractivity contribution in [1.82, 2.24) is 0 Å². The number of rotatable bonds is 16. The quantitative estimate of drug-likeness (QED) is 0.0924. The second kappa shape index (κ2) is 13.5. The minimum Gasteiger partial charge on any atom is -0.461 e. The van der Waals surface area contributed by atoms with E-state index in [0.29, 0.717) is 13.0 Å². The van der Waals surface area contributed by atoms with Crippen LogP contribution in [-0.2, 0) is 16.1 Å². The molecule has 0 aliphatic carbocycles. The van der Waals surface area contributed by atoms with Crippen LogP contribution < -0.4 is 0 Å². The summed E-state index contributed by atoms with van der Waals surface area (Å²) in [6.45, 7) is 2.63. The van der Waals surface area contributed by atoms with Gasteiger partial charge in [-0.2, -0.15) is 0 Å². The molecule has 0 aliphatic rings. The molecule has 0 aliphatic heterocycles. The van der Waals surface area contributed by atoms with Gasteiger partial charge in [0.2, 0.25) is 0 Å². The van der Waals surface area contributed by atoms with Gasteiger partial charge in [0.15, 0.2) is 0 Å². The molecule has 186 valence electrons. The molecule has 0 saturated carbocycles. The molecule has 0 heterocycles. The van der Waals surface area contributed by atoms with Crippen molar-refractivity contribution < 1.29 is 9.53 Å². The summed E-state index contributed by atoms with van der Waals surface area (Å²) in [6.07, 6.45) is 17.6. The molecule has 2 nitrogen and oxygen atoms in total. The first-order valence-electron chi connectivity index (χ1n) is 14.1. The van der Waals surface area contributed by atoms with Gasteiger partial charge in [0.25, 0.3) is 0 Å². The van der Waals surface area contributed by atoms with Crippen LogP contribution in [0.25, 0.3) is 32.3 Å². The first kappa shape index (κ1) is 25.5. The van der Waals surface area contributed by atoms with Crippen molar-refractivity contribution in [2.45, 2.75) is 103 Å². The van der Waals surface area contributed by atoms with Crippen LogP contribution >= 0.6 is 0 Å². The predicted octanol–water partition coefficient (Wildman–Crippen LogP) is 10.1. The summed E-state index contributed by atoms with van der Waals surface area (Å²) in [6, 6.07) is 19.5. The second-order valence-corrected chi connectivity index (χ2v) is 10.2. The van der Waals surface area contributed by atoms with E-state index in [9.17, 15) is 4.79 Å². The van der Waals surface area contributed by atoms with Crippen LogP contribution in [0.2, 0.25) is 0 Å². The summed E-state index contributed by atoms with van der Waals surface area (Å²) in [5.41, 5.74) is 1.09. The van der Waals surface area contributed by atoms with Crippen LogP contribution in [0.5, 0.6) is 0 Å². The Bertz CT molecular complexity index is 1180. The number of carbonyl (C=O) groups excluding carboxylic acids is 1. The molecule has 4 aromatic carbocycles. The summed E-state index contributed by atoms with van der Waals surface area (Å²) >= 11 is 0. The Hall–Kier alpha value is -2.61. The number of carbonyl (C=O) groups is 1. The number of benzene rings is 4. The minimum absolute atomic E-state index is 0.0706. The summed E-state index contributed by atoms with van der Waals surface area (Å²) < 4.78 is 5.69. The molecule has 0 spiro atoms. The zero-order chi connectivity index (χ0) is 24.3. The van der Waals surface area contributed by atoms with E-state index in [1.807, 2.05) is 0 Å². The molecule has 35 heavy (non-hydrogen) atoms. The van der Waals surface area contributed by atoms with E-state index in [0.717, 1.165) is 18.4 Å². The molecule has 0 amide bonds. The lowest BCUT2D eigenvalue weighted by Crippen LogP contribution is -2.05. The number of unbranched alkanes of at least 4 members (excludes halogenated alkanes) is 12. The molecule has 0 radical (unpaired) electrons. The summed E-state index contributed by atoms with van der Waals surface area (Å²) in [5.74, 6) is -0.0706. The highest BCUT2D eigenvalue weighted by Gasteiger charge is 2.12. The summed E-state index contributed by atoms with van der Waals surface area (Å²) in [4.78, 5) is 12.4. The van der Waals surface area contributed by atoms with Crippen molar-refractivity contribution in [3.8, 4) is 0 Å². The van der Waals surface area contributed by atoms with Gasteiger partial charge in [-0.3, -0.25) is 4.79 Å². The molecule has 4 rings (SSSR count). The SMILES string of the molecule is CCCCCCCCCCCCCCCC(=O)OCc1ccc2ccc3cccc4ccc1c2c34. The maximum atomic E-state index is 12.4. The molecule has 4 aromatic rings. The number of ether oxygens (including phenoxy) is 1. The Labute approximate surface area is 211 Å². The molecule has 0 bridgehead atoms. The molecular weight excluding hydrogens is 428 g/mol. The molecule has 2 heteroatoms. The van der Waals surface area contributed by atoms with Gasteiger partial charge in [-0.1, -0.05) is 139 Å². The van der Waals surface area contributed by atoms with E-state index in [1.165, 1.54) is 103 Å². The van der Waals surface area contributed by atoms with Crippen LogP contribution in [-0.4, -0.2) is 5.97 Å². The van der Waals surface area contributed by atoms with Crippen LogP contribution in [0.1, 0.15) is 102 Å². The van der Waals surface area contributed by atoms with Gasteiger partial charge in [0.05, 0.1) is 0 Å². The van der Waals surface area contributed by atoms with E-state index >= 15 is 0 Å².